The van der Waals surface area contributed by atoms with E-state index >= 15 is 0 Å². The molecule has 0 fully saturated rings. The average molecular weight is 297 g/mol. The highest BCUT2D eigenvalue weighted by Gasteiger charge is 2.06. The number of hydrogen-bond donors (Lipinski definition) is 2. The minimum Gasteiger partial charge on any atom is -0.489 e. The smallest absolute Gasteiger partial charge is 0.338 e. The van der Waals surface area contributed by atoms with Gasteiger partial charge in [0.05, 0.1) is 5.57 Å². The lowest BCUT2D eigenvalue weighted by Crippen LogP contribution is -2.04. The van der Waals surface area contributed by atoms with Gasteiger partial charge < -0.3 is 15.6 Å². The number of pyridine rings is 1. The molecule has 0 radical (unpaired) electrons. The fourth-order valence-electron chi connectivity index (χ4n) is 1.64. The number of carbonyl (C=O) groups is 1. The number of rotatable bonds is 6. The first-order valence-corrected chi connectivity index (χ1v) is 6.51. The molecule has 6 nitrogen and oxygen atoms in total. The highest BCUT2D eigenvalue weighted by atomic mass is 16.5. The Morgan fingerprint density at radius 2 is 2.05 bits per heavy atom. The van der Waals surface area contributed by atoms with Gasteiger partial charge in [-0.2, -0.15) is 0 Å². The van der Waals surface area contributed by atoms with Crippen LogP contribution in [0.2, 0.25) is 0 Å². The molecule has 0 saturated heterocycles. The molecule has 1 aromatic carbocycles. The summed E-state index contributed by atoms with van der Waals surface area (Å²) in [4.78, 5) is 19.0. The van der Waals surface area contributed by atoms with E-state index in [0.717, 1.165) is 23.7 Å². The number of carboxylic acids is 1. The molecule has 0 amide bonds. The third-order valence-corrected chi connectivity index (χ3v) is 2.76. The van der Waals surface area contributed by atoms with Crippen LogP contribution in [0, 0.1) is 0 Å². The fourth-order valence-corrected chi connectivity index (χ4v) is 1.64. The molecule has 0 saturated carbocycles. The Morgan fingerprint density at radius 1 is 1.27 bits per heavy atom. The van der Waals surface area contributed by atoms with E-state index in [1.54, 1.807) is 12.3 Å². The van der Waals surface area contributed by atoms with Gasteiger partial charge in [0, 0.05) is 24.2 Å². The molecule has 2 rings (SSSR count). The highest BCUT2D eigenvalue weighted by Crippen LogP contribution is 2.18. The molecule has 0 aliphatic rings. The quantitative estimate of drug-likeness (QED) is 0.629. The van der Waals surface area contributed by atoms with Crippen LogP contribution in [0.25, 0.3) is 0 Å². The predicted octanol–water partition coefficient (Wildman–Crippen LogP) is 2.29. The molecule has 112 valence electrons. The number of aliphatic carboxylic acids is 1. The molecule has 1 aromatic heterocycles. The van der Waals surface area contributed by atoms with E-state index in [4.69, 9.17) is 15.6 Å². The van der Waals surface area contributed by atoms with Gasteiger partial charge in [0.2, 0.25) is 0 Å². The molecule has 3 N–H and O–H groups in total. The largest absolute Gasteiger partial charge is 0.489 e. The summed E-state index contributed by atoms with van der Waals surface area (Å²) in [6.07, 6.45) is 3.72. The van der Waals surface area contributed by atoms with Crippen molar-refractivity contribution in [2.24, 2.45) is 10.7 Å². The lowest BCUT2D eigenvalue weighted by molar-refractivity contribution is -0.132. The summed E-state index contributed by atoms with van der Waals surface area (Å²) in [5.41, 5.74) is 5.86. The molecule has 0 bridgehead atoms. The number of ether oxygens (including phenoxy) is 1. The second-order valence-electron chi connectivity index (χ2n) is 4.27. The number of aliphatic imine (C=N–C) groups is 1. The standard InChI is InChI=1S/C16H15N3O3/c17-9-13(16(20)21)10-19-15-12(5-4-8-18-15)11-22-14-6-2-1-3-7-14/h1-10H,11,17H2,(H,20,21)/b13-9+,19-10+. The Labute approximate surface area is 127 Å². The number of benzene rings is 1. The molecule has 22 heavy (non-hydrogen) atoms. The van der Waals surface area contributed by atoms with Gasteiger partial charge in [0.25, 0.3) is 0 Å². The third kappa shape index (κ3) is 4.17. The lowest BCUT2D eigenvalue weighted by atomic mass is 10.2. The van der Waals surface area contributed by atoms with Crippen LogP contribution in [-0.2, 0) is 11.4 Å². The molecule has 1 heterocycles. The Bertz CT molecular complexity index is 697. The van der Waals surface area contributed by atoms with Crippen molar-refractivity contribution in [2.45, 2.75) is 6.61 Å². The van der Waals surface area contributed by atoms with E-state index in [-0.39, 0.29) is 12.2 Å². The van der Waals surface area contributed by atoms with E-state index in [9.17, 15) is 4.79 Å². The molecule has 6 heteroatoms. The Kier molecular flexibility index (Phi) is 5.25. The zero-order valence-electron chi connectivity index (χ0n) is 11.7. The van der Waals surface area contributed by atoms with Crippen LogP contribution >= 0.6 is 0 Å². The SMILES string of the molecule is N/C=C(\C=N\c1ncccc1COc1ccccc1)C(=O)O. The number of hydrogen-bond acceptors (Lipinski definition) is 5. The van der Waals surface area contributed by atoms with Gasteiger partial charge in [-0.3, -0.25) is 0 Å². The van der Waals surface area contributed by atoms with E-state index < -0.39 is 5.97 Å². The van der Waals surface area contributed by atoms with Crippen molar-refractivity contribution in [3.8, 4) is 5.75 Å². The van der Waals surface area contributed by atoms with Crippen LogP contribution in [0.4, 0.5) is 5.82 Å². The zero-order chi connectivity index (χ0) is 15.8. The first-order chi connectivity index (χ1) is 10.7. The fraction of sp³-hybridized carbons (Fsp3) is 0.0625. The molecule has 0 spiro atoms. The van der Waals surface area contributed by atoms with Crippen molar-refractivity contribution in [1.82, 2.24) is 4.98 Å². The number of nitrogens with two attached hydrogens (primary N) is 1. The normalized spacial score (nSPS) is 11.5. The minimum atomic E-state index is -1.15. The molecule has 0 atom stereocenters. The van der Waals surface area contributed by atoms with Gasteiger partial charge in [0.15, 0.2) is 5.82 Å². The van der Waals surface area contributed by atoms with Crippen LogP contribution in [0.5, 0.6) is 5.75 Å². The summed E-state index contributed by atoms with van der Waals surface area (Å²) < 4.78 is 5.64. The molecule has 0 unspecified atom stereocenters. The summed E-state index contributed by atoms with van der Waals surface area (Å²) in [6.45, 7) is 0.277. The van der Waals surface area contributed by atoms with Crippen LogP contribution < -0.4 is 10.5 Å². The van der Waals surface area contributed by atoms with Crippen LogP contribution in [-0.4, -0.2) is 22.3 Å². The van der Waals surface area contributed by atoms with Crippen LogP contribution in [0.15, 0.2) is 65.4 Å². The Balaban J connectivity index is 2.13. The summed E-state index contributed by atoms with van der Waals surface area (Å²) in [5, 5.41) is 8.89. The van der Waals surface area contributed by atoms with Gasteiger partial charge in [-0.1, -0.05) is 24.3 Å². The minimum absolute atomic E-state index is 0.111. The van der Waals surface area contributed by atoms with E-state index in [1.165, 1.54) is 0 Å². The van der Waals surface area contributed by atoms with E-state index in [0.29, 0.717) is 5.82 Å². The second kappa shape index (κ2) is 7.58. The number of para-hydroxylation sites is 1. The van der Waals surface area contributed by atoms with Gasteiger partial charge in [-0.25, -0.2) is 14.8 Å². The number of aromatic nitrogens is 1. The van der Waals surface area contributed by atoms with Crippen molar-refractivity contribution in [1.29, 1.82) is 0 Å². The summed E-state index contributed by atoms with van der Waals surface area (Å²) in [7, 11) is 0. The summed E-state index contributed by atoms with van der Waals surface area (Å²) >= 11 is 0. The van der Waals surface area contributed by atoms with Crippen LogP contribution in [0.1, 0.15) is 5.56 Å². The van der Waals surface area contributed by atoms with Crippen molar-refractivity contribution < 1.29 is 14.6 Å². The summed E-state index contributed by atoms with van der Waals surface area (Å²) in [6, 6.07) is 12.9. The molecular weight excluding hydrogens is 282 g/mol. The predicted molar refractivity (Wildman–Crippen MR) is 83.1 cm³/mol. The number of carboxylic acid groups (broad SMARTS) is 1. The van der Waals surface area contributed by atoms with E-state index in [2.05, 4.69) is 9.98 Å². The maximum atomic E-state index is 10.9. The molecule has 0 aliphatic carbocycles. The van der Waals surface area contributed by atoms with Gasteiger partial charge >= 0.3 is 5.97 Å². The van der Waals surface area contributed by atoms with Gasteiger partial charge in [-0.15, -0.1) is 0 Å². The van der Waals surface area contributed by atoms with Crippen molar-refractivity contribution >= 4 is 18.0 Å². The Morgan fingerprint density at radius 3 is 2.73 bits per heavy atom. The van der Waals surface area contributed by atoms with E-state index in [1.807, 2.05) is 36.4 Å². The molecule has 2 aromatic rings. The average Bonchev–Trinajstić information content (AvgIpc) is 2.55. The monoisotopic (exact) mass is 297 g/mol. The second-order valence-corrected chi connectivity index (χ2v) is 4.27. The third-order valence-electron chi connectivity index (χ3n) is 2.76. The van der Waals surface area contributed by atoms with Crippen molar-refractivity contribution in [3.63, 3.8) is 0 Å². The van der Waals surface area contributed by atoms with Crippen LogP contribution in [0.3, 0.4) is 0 Å². The highest BCUT2D eigenvalue weighted by molar-refractivity contribution is 6.08. The first-order valence-electron chi connectivity index (χ1n) is 6.51. The number of nitrogens with zero attached hydrogens (tertiary/aromatic N) is 2. The first kappa shape index (κ1) is 15.2. The molecule has 0 aliphatic heterocycles. The zero-order valence-corrected chi connectivity index (χ0v) is 11.7. The van der Waals surface area contributed by atoms with Crippen molar-refractivity contribution in [3.05, 3.63) is 66.0 Å². The maximum Gasteiger partial charge on any atom is 0.338 e. The lowest BCUT2D eigenvalue weighted by Gasteiger charge is -2.07. The molecular formula is C16H15N3O3. The van der Waals surface area contributed by atoms with Gasteiger partial charge in [0.1, 0.15) is 12.4 Å². The topological polar surface area (TPSA) is 97.8 Å². The van der Waals surface area contributed by atoms with Gasteiger partial charge in [-0.05, 0) is 18.2 Å². The summed E-state index contributed by atoms with van der Waals surface area (Å²) in [5.74, 6) is -0.0299. The van der Waals surface area contributed by atoms with Crippen molar-refractivity contribution in [2.75, 3.05) is 0 Å². The maximum absolute atomic E-state index is 10.9. The Hall–Kier alpha value is -3.15.